The minimum atomic E-state index is 0.153. The third kappa shape index (κ3) is 4.21. The van der Waals surface area contributed by atoms with E-state index < -0.39 is 0 Å². The van der Waals surface area contributed by atoms with Gasteiger partial charge in [0.2, 0.25) is 0 Å². The van der Waals surface area contributed by atoms with Crippen molar-refractivity contribution in [2.45, 2.75) is 46.3 Å². The van der Waals surface area contributed by atoms with Gasteiger partial charge in [0.05, 0.1) is 0 Å². The molecule has 17 heavy (non-hydrogen) atoms. The van der Waals surface area contributed by atoms with E-state index >= 15 is 0 Å². The summed E-state index contributed by atoms with van der Waals surface area (Å²) < 4.78 is 5.93. The Bertz CT molecular complexity index is 354. The van der Waals surface area contributed by atoms with Crippen LogP contribution in [0, 0.1) is 6.92 Å². The first-order chi connectivity index (χ1) is 8.08. The summed E-state index contributed by atoms with van der Waals surface area (Å²) in [6.07, 6.45) is 1.21. The number of hydrogen-bond donors (Lipinski definition) is 1. The normalized spacial score (nSPS) is 14.4. The molecule has 3 heteroatoms. The van der Waals surface area contributed by atoms with Gasteiger partial charge in [-0.1, -0.05) is 25.4 Å². The molecule has 0 bridgehead atoms. The maximum atomic E-state index is 5.99. The molecule has 0 amide bonds. The lowest BCUT2D eigenvalue weighted by Gasteiger charge is -2.24. The number of nitrogens with one attached hydrogen (secondary N) is 1. The zero-order valence-electron chi connectivity index (χ0n) is 11.1. The molecule has 0 radical (unpaired) electrons. The van der Waals surface area contributed by atoms with E-state index in [0.29, 0.717) is 6.04 Å². The number of ether oxygens (including phenoxy) is 1. The van der Waals surface area contributed by atoms with Crippen LogP contribution in [0.25, 0.3) is 0 Å². The number of halogens is 1. The summed E-state index contributed by atoms with van der Waals surface area (Å²) in [5.41, 5.74) is 1.05. The molecule has 96 valence electrons. The average Bonchev–Trinajstić information content (AvgIpc) is 2.30. The van der Waals surface area contributed by atoms with Crippen LogP contribution in [-0.4, -0.2) is 18.7 Å². The van der Waals surface area contributed by atoms with E-state index in [9.17, 15) is 0 Å². The van der Waals surface area contributed by atoms with Crippen LogP contribution in [0.4, 0.5) is 0 Å². The smallest absolute Gasteiger partial charge is 0.120 e. The maximum Gasteiger partial charge on any atom is 0.120 e. The van der Waals surface area contributed by atoms with Gasteiger partial charge in [0.1, 0.15) is 11.9 Å². The summed E-state index contributed by atoms with van der Waals surface area (Å²) in [6.45, 7) is 9.33. The van der Waals surface area contributed by atoms with Crippen LogP contribution in [0.3, 0.4) is 0 Å². The fraction of sp³-hybridized carbons (Fsp3) is 0.571. The molecule has 1 aromatic rings. The van der Waals surface area contributed by atoms with Crippen LogP contribution >= 0.6 is 11.6 Å². The fourth-order valence-electron chi connectivity index (χ4n) is 1.89. The summed E-state index contributed by atoms with van der Waals surface area (Å²) >= 11 is 5.99. The molecule has 0 aromatic heterocycles. The van der Waals surface area contributed by atoms with Crippen molar-refractivity contribution < 1.29 is 4.74 Å². The van der Waals surface area contributed by atoms with Crippen molar-refractivity contribution in [3.05, 3.63) is 28.8 Å². The highest BCUT2D eigenvalue weighted by Crippen LogP contribution is 2.22. The summed E-state index contributed by atoms with van der Waals surface area (Å²) in [5.74, 6) is 0.885. The molecule has 0 aliphatic rings. The van der Waals surface area contributed by atoms with Gasteiger partial charge in [-0.3, -0.25) is 0 Å². The van der Waals surface area contributed by atoms with Gasteiger partial charge in [0, 0.05) is 11.1 Å². The van der Waals surface area contributed by atoms with Crippen molar-refractivity contribution in [3.63, 3.8) is 0 Å². The van der Waals surface area contributed by atoms with Gasteiger partial charge in [-0.15, -0.1) is 0 Å². The summed E-state index contributed by atoms with van der Waals surface area (Å²) in [7, 11) is 0. The molecule has 0 fully saturated rings. The maximum absolute atomic E-state index is 5.99. The quantitative estimate of drug-likeness (QED) is 0.835. The summed E-state index contributed by atoms with van der Waals surface area (Å²) in [5, 5.41) is 4.21. The first-order valence-corrected chi connectivity index (χ1v) is 6.62. The Morgan fingerprint density at radius 3 is 2.59 bits per heavy atom. The Labute approximate surface area is 109 Å². The SMILES string of the molecule is CCNC(CC)C(C)Oc1ccc(Cl)c(C)c1. The van der Waals surface area contributed by atoms with Crippen LogP contribution in [0.5, 0.6) is 5.75 Å². The van der Waals surface area contributed by atoms with E-state index in [1.54, 1.807) is 0 Å². The second kappa shape index (κ2) is 6.87. The number of rotatable bonds is 6. The van der Waals surface area contributed by atoms with Crippen LogP contribution < -0.4 is 10.1 Å². The third-order valence-corrected chi connectivity index (χ3v) is 3.35. The highest BCUT2D eigenvalue weighted by Gasteiger charge is 2.15. The monoisotopic (exact) mass is 255 g/mol. The number of likely N-dealkylation sites (N-methyl/N-ethyl adjacent to an activating group) is 1. The summed E-state index contributed by atoms with van der Waals surface area (Å²) in [6, 6.07) is 6.17. The lowest BCUT2D eigenvalue weighted by atomic mass is 10.1. The Morgan fingerprint density at radius 2 is 2.06 bits per heavy atom. The Kier molecular flexibility index (Phi) is 5.79. The van der Waals surface area contributed by atoms with Crippen molar-refractivity contribution in [1.29, 1.82) is 0 Å². The molecular formula is C14H22ClNO. The molecule has 0 aliphatic carbocycles. The lowest BCUT2D eigenvalue weighted by molar-refractivity contribution is 0.168. The van der Waals surface area contributed by atoms with E-state index in [2.05, 4.69) is 26.1 Å². The number of benzene rings is 1. The molecule has 0 spiro atoms. The minimum Gasteiger partial charge on any atom is -0.489 e. The zero-order chi connectivity index (χ0) is 12.8. The molecule has 1 N–H and O–H groups in total. The Morgan fingerprint density at radius 1 is 1.35 bits per heavy atom. The first kappa shape index (κ1) is 14.3. The predicted octanol–water partition coefficient (Wildman–Crippen LogP) is 3.80. The molecule has 2 unspecified atom stereocenters. The molecule has 2 atom stereocenters. The van der Waals surface area contributed by atoms with Crippen LogP contribution in [-0.2, 0) is 0 Å². The molecule has 1 rings (SSSR count). The average molecular weight is 256 g/mol. The standard InChI is InChI=1S/C14H22ClNO/c1-5-14(16-6-2)11(4)17-12-7-8-13(15)10(3)9-12/h7-9,11,14,16H,5-6H2,1-4H3. The van der Waals surface area contributed by atoms with Crippen molar-refractivity contribution >= 4 is 11.6 Å². The van der Waals surface area contributed by atoms with E-state index in [1.165, 1.54) is 0 Å². The van der Waals surface area contributed by atoms with Crippen LogP contribution in [0.2, 0.25) is 5.02 Å². The molecule has 2 nitrogen and oxygen atoms in total. The van der Waals surface area contributed by atoms with Gasteiger partial charge in [-0.2, -0.15) is 0 Å². The largest absolute Gasteiger partial charge is 0.489 e. The van der Waals surface area contributed by atoms with Crippen molar-refractivity contribution in [3.8, 4) is 5.75 Å². The van der Waals surface area contributed by atoms with E-state index in [4.69, 9.17) is 16.3 Å². The van der Waals surface area contributed by atoms with E-state index in [1.807, 2.05) is 25.1 Å². The van der Waals surface area contributed by atoms with Gasteiger partial charge in [-0.25, -0.2) is 0 Å². The second-order valence-electron chi connectivity index (χ2n) is 4.31. The van der Waals surface area contributed by atoms with Crippen molar-refractivity contribution in [2.24, 2.45) is 0 Å². The zero-order valence-corrected chi connectivity index (χ0v) is 11.8. The molecular weight excluding hydrogens is 234 g/mol. The van der Waals surface area contributed by atoms with Gasteiger partial charge < -0.3 is 10.1 Å². The van der Waals surface area contributed by atoms with Gasteiger partial charge in [0.25, 0.3) is 0 Å². The van der Waals surface area contributed by atoms with Gasteiger partial charge >= 0.3 is 0 Å². The predicted molar refractivity (Wildman–Crippen MR) is 74.0 cm³/mol. The highest BCUT2D eigenvalue weighted by molar-refractivity contribution is 6.31. The second-order valence-corrected chi connectivity index (χ2v) is 4.71. The van der Waals surface area contributed by atoms with Gasteiger partial charge in [-0.05, 0) is 50.6 Å². The molecule has 0 heterocycles. The van der Waals surface area contributed by atoms with E-state index in [0.717, 1.165) is 29.3 Å². The first-order valence-electron chi connectivity index (χ1n) is 6.24. The number of aryl methyl sites for hydroxylation is 1. The number of hydrogen-bond acceptors (Lipinski definition) is 2. The lowest BCUT2D eigenvalue weighted by Crippen LogP contribution is -2.40. The van der Waals surface area contributed by atoms with Gasteiger partial charge in [0.15, 0.2) is 0 Å². The Balaban J connectivity index is 2.66. The minimum absolute atomic E-state index is 0.153. The highest BCUT2D eigenvalue weighted by atomic mass is 35.5. The Hall–Kier alpha value is -0.730. The third-order valence-electron chi connectivity index (χ3n) is 2.92. The molecule has 0 saturated carbocycles. The fourth-order valence-corrected chi connectivity index (χ4v) is 2.01. The van der Waals surface area contributed by atoms with Crippen LogP contribution in [0.1, 0.15) is 32.8 Å². The molecule has 0 aliphatic heterocycles. The summed E-state index contributed by atoms with van der Waals surface area (Å²) in [4.78, 5) is 0. The molecule has 1 aromatic carbocycles. The molecule has 0 saturated heterocycles. The van der Waals surface area contributed by atoms with Crippen molar-refractivity contribution in [2.75, 3.05) is 6.54 Å². The van der Waals surface area contributed by atoms with Crippen molar-refractivity contribution in [1.82, 2.24) is 5.32 Å². The van der Waals surface area contributed by atoms with E-state index in [-0.39, 0.29) is 6.10 Å². The topological polar surface area (TPSA) is 21.3 Å². The van der Waals surface area contributed by atoms with Crippen LogP contribution in [0.15, 0.2) is 18.2 Å².